The fourth-order valence-electron chi connectivity index (χ4n) is 12.3. The second-order valence-electron chi connectivity index (χ2n) is 23.9. The van der Waals surface area contributed by atoms with Crippen molar-refractivity contribution < 1.29 is 19.4 Å². The lowest BCUT2D eigenvalue weighted by Gasteiger charge is -2.35. The molecule has 6 rings (SSSR count). The molecule has 0 spiro atoms. The number of thiophene rings is 2. The van der Waals surface area contributed by atoms with E-state index in [2.05, 4.69) is 90.7 Å². The van der Waals surface area contributed by atoms with Crippen molar-refractivity contribution in [3.8, 4) is 11.5 Å². The van der Waals surface area contributed by atoms with Crippen LogP contribution < -0.4 is 4.74 Å². The van der Waals surface area contributed by atoms with Crippen LogP contribution in [-0.2, 0) is 48.1 Å². The van der Waals surface area contributed by atoms with Crippen molar-refractivity contribution in [1.29, 1.82) is 0 Å². The minimum Gasteiger partial charge on any atom is -0.508 e. The van der Waals surface area contributed by atoms with E-state index in [9.17, 15) is 14.7 Å². The average molecular weight is 1170 g/mol. The van der Waals surface area contributed by atoms with Crippen LogP contribution in [-0.4, -0.2) is 64.4 Å². The summed E-state index contributed by atoms with van der Waals surface area (Å²) in [4.78, 5) is 31.5. The monoisotopic (exact) mass is 1170 g/mol. The number of carbonyl (C=O) groups excluding carboxylic acids is 2. The lowest BCUT2D eigenvalue weighted by Crippen LogP contribution is -2.41. The molecule has 2 aliphatic rings. The summed E-state index contributed by atoms with van der Waals surface area (Å²) in [6.45, 7) is 13.7. The molecule has 1 N–H and O–H groups in total. The second-order valence-corrected chi connectivity index (χ2v) is 26.3. The Bertz CT molecular complexity index is 2140. The van der Waals surface area contributed by atoms with Gasteiger partial charge in [0.05, 0.1) is 0 Å². The normalized spacial score (nSPS) is 14.7. The van der Waals surface area contributed by atoms with E-state index in [4.69, 9.17) is 16.3 Å². The quantitative estimate of drug-likeness (QED) is 0.0206. The molecular formula is C72H115ClN2O4S2. The molecule has 0 saturated carbocycles. The highest BCUT2D eigenvalue weighted by Gasteiger charge is 2.27. The molecule has 0 saturated heterocycles. The van der Waals surface area contributed by atoms with Crippen molar-refractivity contribution in [2.75, 3.05) is 26.2 Å². The van der Waals surface area contributed by atoms with E-state index in [1.54, 1.807) is 0 Å². The van der Waals surface area contributed by atoms with Gasteiger partial charge in [-0.1, -0.05) is 231 Å². The fraction of sp³-hybridized carbons (Fsp3) is 0.694. The van der Waals surface area contributed by atoms with Gasteiger partial charge in [-0.05, 0) is 159 Å². The Balaban J connectivity index is 0.000000294. The molecule has 2 atom stereocenters. The molecule has 81 heavy (non-hydrogen) atoms. The highest BCUT2D eigenvalue weighted by molar-refractivity contribution is 7.10. The lowest BCUT2D eigenvalue weighted by molar-refractivity contribution is -0.134. The standard InChI is InChI=1S/C37H59NO2S.C19H25NOS.C16H31ClO/c1-3-5-6-7-8-9-10-11-12-13-14-15-16-17-18-24-37(39)40-36-23-19-21-32-31-33(25-26-35(32)36)38(28-4-2)29-27-34-22-20-30-41-34;1-2-11-20(12-10-17-6-4-13-22-17)16-8-9-18-15(14-16)5-3-7-19(18)21;1-2-3-4-5-6-7-8-9-10-11-12-13-14-15-16(17)18/h19-23,30,33H,3-18,24-29,31H2,1-2H3;3-7,13,16,21H,2,8-12,14H2,1H3;2-15H2,1H3/t33-;16-;/m00./s1. The second kappa shape index (κ2) is 46.3. The highest BCUT2D eigenvalue weighted by Crippen LogP contribution is 2.33. The van der Waals surface area contributed by atoms with Crippen molar-refractivity contribution in [1.82, 2.24) is 9.80 Å². The summed E-state index contributed by atoms with van der Waals surface area (Å²) in [5, 5.41) is 14.2. The maximum Gasteiger partial charge on any atom is 0.311 e. The number of esters is 1. The van der Waals surface area contributed by atoms with Gasteiger partial charge < -0.3 is 9.84 Å². The van der Waals surface area contributed by atoms with Gasteiger partial charge in [-0.3, -0.25) is 19.4 Å². The number of halogens is 1. The van der Waals surface area contributed by atoms with Crippen LogP contribution in [0, 0.1) is 0 Å². The van der Waals surface area contributed by atoms with Gasteiger partial charge in [-0.2, -0.15) is 0 Å². The van der Waals surface area contributed by atoms with E-state index in [-0.39, 0.29) is 11.2 Å². The molecule has 0 amide bonds. The van der Waals surface area contributed by atoms with Crippen LogP contribution in [0.25, 0.3) is 0 Å². The first-order valence-electron chi connectivity index (χ1n) is 33.6. The number of hydrogen-bond acceptors (Lipinski definition) is 8. The fourth-order valence-corrected chi connectivity index (χ4v) is 13.8. The molecule has 2 heterocycles. The van der Waals surface area contributed by atoms with E-state index in [1.165, 1.54) is 205 Å². The zero-order valence-electron chi connectivity index (χ0n) is 52.0. The molecule has 0 radical (unpaired) electrons. The van der Waals surface area contributed by atoms with Gasteiger partial charge in [0.25, 0.3) is 0 Å². The number of nitrogens with zero attached hydrogens (tertiary/aromatic N) is 2. The predicted octanol–water partition coefficient (Wildman–Crippen LogP) is 21.2. The van der Waals surface area contributed by atoms with E-state index >= 15 is 0 Å². The molecule has 0 unspecified atom stereocenters. The van der Waals surface area contributed by atoms with Crippen LogP contribution in [0.15, 0.2) is 71.4 Å². The summed E-state index contributed by atoms with van der Waals surface area (Å²) in [5.41, 5.74) is 5.15. The topological polar surface area (TPSA) is 70.1 Å². The maximum atomic E-state index is 12.7. The number of phenolic OH excluding ortho intramolecular Hbond substituents is 1. The van der Waals surface area contributed by atoms with Crippen LogP contribution in [0.1, 0.15) is 278 Å². The molecule has 4 aromatic rings. The van der Waals surface area contributed by atoms with Crippen LogP contribution in [0.4, 0.5) is 0 Å². The van der Waals surface area contributed by atoms with Gasteiger partial charge in [0, 0.05) is 47.8 Å². The van der Waals surface area contributed by atoms with Crippen molar-refractivity contribution in [3.63, 3.8) is 0 Å². The smallest absolute Gasteiger partial charge is 0.311 e. The van der Waals surface area contributed by atoms with Crippen molar-refractivity contribution in [3.05, 3.63) is 103 Å². The van der Waals surface area contributed by atoms with E-state index in [0.717, 1.165) is 102 Å². The number of hydrogen-bond donors (Lipinski definition) is 1. The first-order chi connectivity index (χ1) is 39.8. The molecule has 6 nitrogen and oxygen atoms in total. The van der Waals surface area contributed by atoms with Crippen LogP contribution in [0.2, 0.25) is 0 Å². The maximum absolute atomic E-state index is 12.7. The van der Waals surface area contributed by atoms with Gasteiger partial charge in [-0.25, -0.2) is 0 Å². The van der Waals surface area contributed by atoms with Crippen LogP contribution >= 0.6 is 34.3 Å². The average Bonchev–Trinajstić information content (AvgIpc) is 4.23. The molecule has 9 heteroatoms. The third-order valence-corrected chi connectivity index (χ3v) is 19.1. The highest BCUT2D eigenvalue weighted by atomic mass is 35.5. The predicted molar refractivity (Wildman–Crippen MR) is 352 cm³/mol. The number of phenols is 1. The summed E-state index contributed by atoms with van der Waals surface area (Å²) >= 11 is 9.01. The molecule has 2 aromatic heterocycles. The molecular weight excluding hydrogens is 1060 g/mol. The molecule has 456 valence electrons. The van der Waals surface area contributed by atoms with Gasteiger partial charge in [0.15, 0.2) is 0 Å². The number of aromatic hydroxyl groups is 1. The third kappa shape index (κ3) is 31.6. The van der Waals surface area contributed by atoms with E-state index < -0.39 is 0 Å². The van der Waals surface area contributed by atoms with Gasteiger partial charge >= 0.3 is 5.97 Å². The molecule has 2 aliphatic carbocycles. The van der Waals surface area contributed by atoms with Crippen LogP contribution in [0.5, 0.6) is 11.5 Å². The largest absolute Gasteiger partial charge is 0.508 e. The Kier molecular flexibility index (Phi) is 40.3. The Morgan fingerprint density at radius 3 is 1.28 bits per heavy atom. The Morgan fingerprint density at radius 2 is 0.877 bits per heavy atom. The number of ether oxygens (including phenoxy) is 1. The molecule has 0 bridgehead atoms. The van der Waals surface area contributed by atoms with E-state index in [0.29, 0.717) is 30.7 Å². The molecule has 0 fully saturated rings. The first kappa shape index (κ1) is 70.5. The minimum absolute atomic E-state index is 0.0567. The summed E-state index contributed by atoms with van der Waals surface area (Å²) < 4.78 is 5.92. The lowest BCUT2D eigenvalue weighted by atomic mass is 9.86. The molecule has 0 aliphatic heterocycles. The van der Waals surface area contributed by atoms with Gasteiger partial charge in [0.2, 0.25) is 5.24 Å². The van der Waals surface area contributed by atoms with Gasteiger partial charge in [-0.15, -0.1) is 22.7 Å². The zero-order chi connectivity index (χ0) is 57.8. The van der Waals surface area contributed by atoms with Crippen molar-refractivity contribution in [2.45, 2.75) is 297 Å². The third-order valence-electron chi connectivity index (χ3n) is 17.0. The van der Waals surface area contributed by atoms with Gasteiger partial charge in [0.1, 0.15) is 11.5 Å². The summed E-state index contributed by atoms with van der Waals surface area (Å²) in [6, 6.07) is 22.3. The minimum atomic E-state index is -0.182. The van der Waals surface area contributed by atoms with Crippen molar-refractivity contribution >= 4 is 45.5 Å². The summed E-state index contributed by atoms with van der Waals surface area (Å²) in [6.07, 6.45) is 49.6. The zero-order valence-corrected chi connectivity index (χ0v) is 54.3. The van der Waals surface area contributed by atoms with E-state index in [1.807, 2.05) is 40.9 Å². The number of carbonyl (C=O) groups is 2. The number of rotatable bonds is 43. The Morgan fingerprint density at radius 1 is 0.481 bits per heavy atom. The number of benzene rings is 2. The van der Waals surface area contributed by atoms with Crippen LogP contribution in [0.3, 0.4) is 0 Å². The Labute approximate surface area is 509 Å². The number of unbranched alkanes of at least 4 members (excludes halogenated alkanes) is 26. The summed E-state index contributed by atoms with van der Waals surface area (Å²) in [5.74, 6) is 1.24. The molecule has 2 aromatic carbocycles. The number of fused-ring (bicyclic) bond motifs is 2. The SMILES string of the molecule is CCCCCCCCCCCCCCCC(=O)Cl.CCCCCCCCCCCCCCCCCC(=O)Oc1cccc2c1CC[C@H](N(CCC)CCc1cccs1)C2.CCCN(CCc1cccs1)[C@H]1CCc2c(O)cccc2C1. The first-order valence-corrected chi connectivity index (χ1v) is 35.7. The summed E-state index contributed by atoms with van der Waals surface area (Å²) in [7, 11) is 0. The van der Waals surface area contributed by atoms with Crippen molar-refractivity contribution in [2.24, 2.45) is 0 Å². The Hall–Kier alpha value is -3.01.